The van der Waals surface area contributed by atoms with Gasteiger partial charge in [0.1, 0.15) is 4.90 Å². The summed E-state index contributed by atoms with van der Waals surface area (Å²) in [6, 6.07) is 11.5. The summed E-state index contributed by atoms with van der Waals surface area (Å²) in [6.45, 7) is 4.47. The van der Waals surface area contributed by atoms with Gasteiger partial charge in [0.05, 0.1) is 10.4 Å². The molecule has 0 aliphatic heterocycles. The number of hydrogen-bond acceptors (Lipinski definition) is 3. The molecule has 0 atom stereocenters. The first kappa shape index (κ1) is 17.7. The molecule has 0 radical (unpaired) electrons. The quantitative estimate of drug-likeness (QED) is 0.690. The van der Waals surface area contributed by atoms with Crippen molar-refractivity contribution in [2.75, 3.05) is 0 Å². The van der Waals surface area contributed by atoms with Crippen molar-refractivity contribution in [3.05, 3.63) is 69.5 Å². The number of aromatic nitrogens is 1. The molecule has 130 valence electrons. The van der Waals surface area contributed by atoms with Crippen LogP contribution in [0.25, 0.3) is 10.9 Å². The van der Waals surface area contributed by atoms with E-state index in [0.717, 1.165) is 17.5 Å². The zero-order chi connectivity index (χ0) is 18.2. The van der Waals surface area contributed by atoms with Crippen LogP contribution in [0.1, 0.15) is 19.4 Å². The summed E-state index contributed by atoms with van der Waals surface area (Å²) in [5.41, 5.74) is 1.26. The maximum Gasteiger partial charge on any atom is 0.211 e. The average molecular weight is 376 g/mol. The Kier molecular flexibility index (Phi) is 4.71. The summed E-state index contributed by atoms with van der Waals surface area (Å²) in [7, 11) is -3.92. The Labute approximate surface area is 151 Å². The number of hydrogen-bond donors (Lipinski definition) is 0. The molecule has 4 nitrogen and oxygen atoms in total. The molecule has 0 aliphatic rings. The summed E-state index contributed by atoms with van der Waals surface area (Å²) in [4.78, 5) is 12.8. The highest BCUT2D eigenvalue weighted by Gasteiger charge is 2.23. The number of benzene rings is 2. The molecule has 0 aliphatic carbocycles. The molecular weight excluding hydrogens is 358 g/mol. The van der Waals surface area contributed by atoms with Gasteiger partial charge < -0.3 is 4.57 Å². The molecule has 0 saturated carbocycles. The smallest absolute Gasteiger partial charge is 0.211 e. The largest absolute Gasteiger partial charge is 0.346 e. The van der Waals surface area contributed by atoms with E-state index in [1.807, 2.05) is 26.0 Å². The number of nitrogens with zero attached hydrogens (tertiary/aromatic N) is 1. The van der Waals surface area contributed by atoms with Crippen molar-refractivity contribution in [3.63, 3.8) is 0 Å². The van der Waals surface area contributed by atoms with E-state index < -0.39 is 15.3 Å². The highest BCUT2D eigenvalue weighted by molar-refractivity contribution is 7.91. The molecular formula is C19H18ClNO3S. The van der Waals surface area contributed by atoms with Gasteiger partial charge in [0.2, 0.25) is 15.3 Å². The molecule has 3 rings (SSSR count). The van der Waals surface area contributed by atoms with Crippen LogP contribution >= 0.6 is 11.6 Å². The zero-order valence-electron chi connectivity index (χ0n) is 14.0. The molecule has 0 amide bonds. The second-order valence-electron chi connectivity index (χ2n) is 5.77. The van der Waals surface area contributed by atoms with Crippen LogP contribution in [0.4, 0.5) is 0 Å². The molecule has 0 bridgehead atoms. The Bertz CT molecular complexity index is 1100. The fourth-order valence-electron chi connectivity index (χ4n) is 2.83. The maximum atomic E-state index is 13.0. The van der Waals surface area contributed by atoms with Gasteiger partial charge >= 0.3 is 0 Å². The van der Waals surface area contributed by atoms with Crippen molar-refractivity contribution in [1.82, 2.24) is 4.57 Å². The Morgan fingerprint density at radius 1 is 1.04 bits per heavy atom. The highest BCUT2D eigenvalue weighted by Crippen LogP contribution is 2.23. The number of sulfone groups is 1. The van der Waals surface area contributed by atoms with Crippen LogP contribution in [-0.2, 0) is 22.8 Å². The molecule has 1 heterocycles. The topological polar surface area (TPSA) is 56.1 Å². The SMILES string of the molecule is CCc1ccc2c(c1)c(=O)c(S(=O)(=O)c1ccc(Cl)cc1)cn2CC. The van der Waals surface area contributed by atoms with Gasteiger partial charge in [0.15, 0.2) is 0 Å². The summed E-state index contributed by atoms with van der Waals surface area (Å²) >= 11 is 5.84. The number of halogens is 1. The minimum atomic E-state index is -3.92. The van der Waals surface area contributed by atoms with Crippen molar-refractivity contribution in [1.29, 1.82) is 0 Å². The molecule has 0 saturated heterocycles. The van der Waals surface area contributed by atoms with Crippen LogP contribution in [0.5, 0.6) is 0 Å². The van der Waals surface area contributed by atoms with Crippen molar-refractivity contribution in [2.45, 2.75) is 36.6 Å². The number of fused-ring (bicyclic) bond motifs is 1. The first-order valence-corrected chi connectivity index (χ1v) is 9.91. The van der Waals surface area contributed by atoms with E-state index in [9.17, 15) is 13.2 Å². The van der Waals surface area contributed by atoms with Crippen LogP contribution in [0, 0.1) is 0 Å². The first-order chi connectivity index (χ1) is 11.9. The second-order valence-corrected chi connectivity index (χ2v) is 8.13. The average Bonchev–Trinajstić information content (AvgIpc) is 2.62. The van der Waals surface area contributed by atoms with Gasteiger partial charge in [-0.1, -0.05) is 24.6 Å². The molecule has 0 N–H and O–H groups in total. The standard InChI is InChI=1S/C19H18ClNO3S/c1-3-13-5-10-17-16(11-13)19(22)18(12-21(17)4-2)25(23,24)15-8-6-14(20)7-9-15/h5-12H,3-4H2,1-2H3. The van der Waals surface area contributed by atoms with Crippen molar-refractivity contribution in [3.8, 4) is 0 Å². The van der Waals surface area contributed by atoms with Crippen LogP contribution in [0.3, 0.4) is 0 Å². The lowest BCUT2D eigenvalue weighted by molar-refractivity contribution is 0.593. The van der Waals surface area contributed by atoms with E-state index in [1.54, 1.807) is 10.6 Å². The number of pyridine rings is 1. The van der Waals surface area contributed by atoms with Gasteiger partial charge in [-0.3, -0.25) is 4.79 Å². The molecule has 3 aromatic rings. The normalized spacial score (nSPS) is 11.8. The van der Waals surface area contributed by atoms with E-state index in [2.05, 4.69) is 0 Å². The number of rotatable bonds is 4. The molecule has 0 unspecified atom stereocenters. The van der Waals surface area contributed by atoms with Crippen LogP contribution in [0.15, 0.2) is 63.2 Å². The highest BCUT2D eigenvalue weighted by atomic mass is 35.5. The molecule has 25 heavy (non-hydrogen) atoms. The van der Waals surface area contributed by atoms with E-state index in [1.165, 1.54) is 30.5 Å². The van der Waals surface area contributed by atoms with Gasteiger partial charge in [-0.2, -0.15) is 0 Å². The molecule has 6 heteroatoms. The Morgan fingerprint density at radius 3 is 2.32 bits per heavy atom. The Hall–Kier alpha value is -2.11. The fraction of sp³-hybridized carbons (Fsp3) is 0.211. The first-order valence-electron chi connectivity index (χ1n) is 8.05. The molecule has 0 spiro atoms. The van der Waals surface area contributed by atoms with Crippen molar-refractivity contribution < 1.29 is 8.42 Å². The van der Waals surface area contributed by atoms with Crippen LogP contribution in [-0.4, -0.2) is 13.0 Å². The third-order valence-corrected chi connectivity index (χ3v) is 6.29. The second kappa shape index (κ2) is 6.65. The van der Waals surface area contributed by atoms with E-state index in [0.29, 0.717) is 17.0 Å². The van der Waals surface area contributed by atoms with E-state index in [-0.39, 0.29) is 9.79 Å². The lowest BCUT2D eigenvalue weighted by Crippen LogP contribution is -2.19. The summed E-state index contributed by atoms with van der Waals surface area (Å²) < 4.78 is 27.7. The fourth-order valence-corrected chi connectivity index (χ4v) is 4.33. The maximum absolute atomic E-state index is 13.0. The molecule has 1 aromatic heterocycles. The third-order valence-electron chi connectivity index (χ3n) is 4.27. The number of aryl methyl sites for hydroxylation is 2. The lowest BCUT2D eigenvalue weighted by Gasteiger charge is -2.13. The predicted octanol–water partition coefficient (Wildman–Crippen LogP) is 4.07. The predicted molar refractivity (Wildman–Crippen MR) is 100 cm³/mol. The van der Waals surface area contributed by atoms with Crippen molar-refractivity contribution in [2.24, 2.45) is 0 Å². The van der Waals surface area contributed by atoms with Gasteiger partial charge in [0, 0.05) is 23.2 Å². The van der Waals surface area contributed by atoms with E-state index >= 15 is 0 Å². The summed E-state index contributed by atoms with van der Waals surface area (Å²) in [5.74, 6) is 0. The zero-order valence-corrected chi connectivity index (χ0v) is 15.6. The summed E-state index contributed by atoms with van der Waals surface area (Å²) in [6.07, 6.45) is 2.20. The monoisotopic (exact) mass is 375 g/mol. The summed E-state index contributed by atoms with van der Waals surface area (Å²) in [5, 5.41) is 0.868. The minimum absolute atomic E-state index is 0.0580. The van der Waals surface area contributed by atoms with E-state index in [4.69, 9.17) is 11.6 Å². The lowest BCUT2D eigenvalue weighted by atomic mass is 10.1. The minimum Gasteiger partial charge on any atom is -0.346 e. The van der Waals surface area contributed by atoms with Gasteiger partial charge in [-0.25, -0.2) is 8.42 Å². The Morgan fingerprint density at radius 2 is 1.72 bits per heavy atom. The van der Waals surface area contributed by atoms with Gasteiger partial charge in [-0.05, 0) is 55.3 Å². The Balaban J connectivity index is 2.34. The third kappa shape index (κ3) is 3.10. The van der Waals surface area contributed by atoms with Gasteiger partial charge in [-0.15, -0.1) is 0 Å². The van der Waals surface area contributed by atoms with Gasteiger partial charge in [0.25, 0.3) is 0 Å². The van der Waals surface area contributed by atoms with Crippen LogP contribution in [0.2, 0.25) is 5.02 Å². The molecule has 0 fully saturated rings. The van der Waals surface area contributed by atoms with Crippen molar-refractivity contribution >= 4 is 32.3 Å². The molecule has 2 aromatic carbocycles. The van der Waals surface area contributed by atoms with Crippen LogP contribution < -0.4 is 5.43 Å².